The summed E-state index contributed by atoms with van der Waals surface area (Å²) in [5.41, 5.74) is 8.72. The van der Waals surface area contributed by atoms with Crippen molar-refractivity contribution in [2.75, 3.05) is 5.73 Å². The monoisotopic (exact) mass is 205 g/mol. The van der Waals surface area contributed by atoms with Crippen LogP contribution in [0.3, 0.4) is 0 Å². The average Bonchev–Trinajstić information content (AvgIpc) is 2.57. The SMILES string of the molecule is Cc1nsc(-c2ccc(N)c(C)c2)n1. The molecule has 4 heteroatoms. The molecule has 2 N–H and O–H groups in total. The van der Waals surface area contributed by atoms with Gasteiger partial charge in [-0.1, -0.05) is 0 Å². The lowest BCUT2D eigenvalue weighted by Crippen LogP contribution is -1.89. The van der Waals surface area contributed by atoms with Crippen molar-refractivity contribution in [1.29, 1.82) is 0 Å². The second-order valence-electron chi connectivity index (χ2n) is 3.22. The second kappa shape index (κ2) is 3.38. The molecule has 72 valence electrons. The zero-order chi connectivity index (χ0) is 10.1. The zero-order valence-corrected chi connectivity index (χ0v) is 8.93. The number of benzene rings is 1. The van der Waals surface area contributed by atoms with Gasteiger partial charge in [0.25, 0.3) is 0 Å². The molecular formula is C10H11N3S. The van der Waals surface area contributed by atoms with E-state index in [0.717, 1.165) is 27.6 Å². The van der Waals surface area contributed by atoms with E-state index in [2.05, 4.69) is 9.36 Å². The highest BCUT2D eigenvalue weighted by Crippen LogP contribution is 2.24. The summed E-state index contributed by atoms with van der Waals surface area (Å²) in [5, 5.41) is 0.950. The van der Waals surface area contributed by atoms with Crippen LogP contribution in [0.15, 0.2) is 18.2 Å². The number of aromatic nitrogens is 2. The summed E-state index contributed by atoms with van der Waals surface area (Å²) in [6.45, 7) is 3.89. The number of aryl methyl sites for hydroxylation is 2. The van der Waals surface area contributed by atoms with E-state index in [1.807, 2.05) is 32.0 Å². The molecule has 0 spiro atoms. The van der Waals surface area contributed by atoms with Gasteiger partial charge in [0.15, 0.2) is 0 Å². The van der Waals surface area contributed by atoms with Gasteiger partial charge in [-0.25, -0.2) is 4.98 Å². The molecule has 1 aromatic heterocycles. The van der Waals surface area contributed by atoms with Gasteiger partial charge in [0, 0.05) is 11.3 Å². The molecule has 2 rings (SSSR count). The summed E-state index contributed by atoms with van der Waals surface area (Å²) >= 11 is 1.42. The van der Waals surface area contributed by atoms with Gasteiger partial charge in [-0.15, -0.1) is 0 Å². The molecule has 0 amide bonds. The fourth-order valence-corrected chi connectivity index (χ4v) is 1.89. The average molecular weight is 205 g/mol. The van der Waals surface area contributed by atoms with E-state index in [4.69, 9.17) is 5.73 Å². The molecule has 2 aromatic rings. The van der Waals surface area contributed by atoms with Crippen molar-refractivity contribution in [3.8, 4) is 10.6 Å². The quantitative estimate of drug-likeness (QED) is 0.727. The van der Waals surface area contributed by atoms with Crippen LogP contribution in [0.2, 0.25) is 0 Å². The number of nitrogens with two attached hydrogens (primary N) is 1. The Kier molecular flexibility index (Phi) is 2.21. The molecule has 0 fully saturated rings. The minimum absolute atomic E-state index is 0.815. The van der Waals surface area contributed by atoms with E-state index in [1.54, 1.807) is 0 Å². The molecule has 0 saturated heterocycles. The van der Waals surface area contributed by atoms with Crippen molar-refractivity contribution < 1.29 is 0 Å². The predicted octanol–water partition coefficient (Wildman–Crippen LogP) is 2.40. The molecule has 0 atom stereocenters. The lowest BCUT2D eigenvalue weighted by Gasteiger charge is -2.01. The number of hydrogen-bond acceptors (Lipinski definition) is 4. The Morgan fingerprint density at radius 1 is 1.29 bits per heavy atom. The Labute approximate surface area is 86.8 Å². The van der Waals surface area contributed by atoms with Gasteiger partial charge in [0.05, 0.1) is 0 Å². The van der Waals surface area contributed by atoms with E-state index in [9.17, 15) is 0 Å². The maximum atomic E-state index is 5.74. The van der Waals surface area contributed by atoms with Crippen LogP contribution in [0, 0.1) is 13.8 Å². The highest BCUT2D eigenvalue weighted by molar-refractivity contribution is 7.09. The molecule has 1 aromatic carbocycles. The fraction of sp³-hybridized carbons (Fsp3) is 0.200. The summed E-state index contributed by atoms with van der Waals surface area (Å²) in [4.78, 5) is 4.32. The van der Waals surface area contributed by atoms with Gasteiger partial charge in [-0.2, -0.15) is 4.37 Å². The predicted molar refractivity (Wildman–Crippen MR) is 59.2 cm³/mol. The molecule has 1 heterocycles. The molecule has 0 aliphatic rings. The smallest absolute Gasteiger partial charge is 0.144 e. The third-order valence-electron chi connectivity index (χ3n) is 2.04. The highest BCUT2D eigenvalue weighted by atomic mass is 32.1. The van der Waals surface area contributed by atoms with E-state index in [1.165, 1.54) is 11.5 Å². The Morgan fingerprint density at radius 3 is 2.64 bits per heavy atom. The molecule has 0 aliphatic carbocycles. The summed E-state index contributed by atoms with van der Waals surface area (Å²) in [7, 11) is 0. The Bertz CT molecular complexity index is 462. The molecule has 0 bridgehead atoms. The van der Waals surface area contributed by atoms with Gasteiger partial charge < -0.3 is 5.73 Å². The van der Waals surface area contributed by atoms with Crippen molar-refractivity contribution in [2.45, 2.75) is 13.8 Å². The summed E-state index contributed by atoms with van der Waals surface area (Å²) < 4.78 is 4.14. The highest BCUT2D eigenvalue weighted by Gasteiger charge is 2.04. The molecular weight excluding hydrogens is 194 g/mol. The summed E-state index contributed by atoms with van der Waals surface area (Å²) in [6, 6.07) is 5.92. The van der Waals surface area contributed by atoms with Crippen LogP contribution in [0.25, 0.3) is 10.6 Å². The number of rotatable bonds is 1. The molecule has 0 aliphatic heterocycles. The van der Waals surface area contributed by atoms with E-state index < -0.39 is 0 Å². The summed E-state index contributed by atoms with van der Waals surface area (Å²) in [5.74, 6) is 0.819. The van der Waals surface area contributed by atoms with Crippen molar-refractivity contribution in [3.05, 3.63) is 29.6 Å². The van der Waals surface area contributed by atoms with Gasteiger partial charge in [0.1, 0.15) is 10.8 Å². The van der Waals surface area contributed by atoms with E-state index >= 15 is 0 Å². The number of anilines is 1. The van der Waals surface area contributed by atoms with Crippen LogP contribution in [0.1, 0.15) is 11.4 Å². The normalized spacial score (nSPS) is 10.4. The molecule has 0 saturated carbocycles. The minimum Gasteiger partial charge on any atom is -0.399 e. The number of nitrogen functional groups attached to an aromatic ring is 1. The fourth-order valence-electron chi connectivity index (χ4n) is 1.22. The summed E-state index contributed by atoms with van der Waals surface area (Å²) in [6.07, 6.45) is 0. The van der Waals surface area contributed by atoms with Gasteiger partial charge in [-0.3, -0.25) is 0 Å². The van der Waals surface area contributed by atoms with Crippen LogP contribution >= 0.6 is 11.5 Å². The third-order valence-corrected chi connectivity index (χ3v) is 2.90. The molecule has 0 radical (unpaired) electrons. The standard InChI is InChI=1S/C10H11N3S/c1-6-5-8(3-4-9(6)11)10-12-7(2)13-14-10/h3-5H,11H2,1-2H3. The molecule has 0 unspecified atom stereocenters. The maximum absolute atomic E-state index is 5.74. The Balaban J connectivity index is 2.47. The van der Waals surface area contributed by atoms with Crippen LogP contribution in [0.4, 0.5) is 5.69 Å². The topological polar surface area (TPSA) is 51.8 Å². The van der Waals surface area contributed by atoms with Crippen molar-refractivity contribution in [3.63, 3.8) is 0 Å². The van der Waals surface area contributed by atoms with E-state index in [0.29, 0.717) is 0 Å². The van der Waals surface area contributed by atoms with E-state index in [-0.39, 0.29) is 0 Å². The van der Waals surface area contributed by atoms with Gasteiger partial charge in [0.2, 0.25) is 0 Å². The van der Waals surface area contributed by atoms with Crippen molar-refractivity contribution >= 4 is 17.2 Å². The molecule has 3 nitrogen and oxygen atoms in total. The first-order valence-corrected chi connectivity index (χ1v) is 5.11. The first-order chi connectivity index (χ1) is 6.66. The first-order valence-electron chi connectivity index (χ1n) is 4.33. The third kappa shape index (κ3) is 1.61. The van der Waals surface area contributed by atoms with Crippen LogP contribution in [-0.2, 0) is 0 Å². The minimum atomic E-state index is 0.815. The maximum Gasteiger partial charge on any atom is 0.144 e. The number of hydrogen-bond donors (Lipinski definition) is 1. The Morgan fingerprint density at radius 2 is 2.07 bits per heavy atom. The zero-order valence-electron chi connectivity index (χ0n) is 8.11. The van der Waals surface area contributed by atoms with Crippen LogP contribution < -0.4 is 5.73 Å². The van der Waals surface area contributed by atoms with Gasteiger partial charge >= 0.3 is 0 Å². The second-order valence-corrected chi connectivity index (χ2v) is 3.97. The molecule has 14 heavy (non-hydrogen) atoms. The van der Waals surface area contributed by atoms with Crippen LogP contribution in [-0.4, -0.2) is 9.36 Å². The lowest BCUT2D eigenvalue weighted by molar-refractivity contribution is 1.17. The van der Waals surface area contributed by atoms with Gasteiger partial charge in [-0.05, 0) is 49.1 Å². The first kappa shape index (κ1) is 9.15. The largest absolute Gasteiger partial charge is 0.399 e. The number of nitrogens with zero attached hydrogens (tertiary/aromatic N) is 2. The Hall–Kier alpha value is -1.42. The van der Waals surface area contributed by atoms with Crippen molar-refractivity contribution in [2.24, 2.45) is 0 Å². The van der Waals surface area contributed by atoms with Crippen LogP contribution in [0.5, 0.6) is 0 Å². The lowest BCUT2D eigenvalue weighted by atomic mass is 10.1. The van der Waals surface area contributed by atoms with Crippen molar-refractivity contribution in [1.82, 2.24) is 9.36 Å².